The second-order valence-corrected chi connectivity index (χ2v) is 6.43. The number of ether oxygens (including phenoxy) is 2. The van der Waals surface area contributed by atoms with Gasteiger partial charge in [-0.3, -0.25) is 0 Å². The Morgan fingerprint density at radius 1 is 1.11 bits per heavy atom. The van der Waals surface area contributed by atoms with Gasteiger partial charge in [0, 0.05) is 6.54 Å². The van der Waals surface area contributed by atoms with Crippen LogP contribution in [0.4, 0.5) is 4.79 Å². The predicted molar refractivity (Wildman–Crippen MR) is 73.7 cm³/mol. The van der Waals surface area contributed by atoms with E-state index in [1.54, 1.807) is 0 Å². The minimum absolute atomic E-state index is 0.183. The summed E-state index contributed by atoms with van der Waals surface area (Å²) >= 11 is 0. The fraction of sp³-hybridized carbons (Fsp3) is 0.786. The van der Waals surface area contributed by atoms with Crippen molar-refractivity contribution in [2.75, 3.05) is 19.8 Å². The third-order valence-corrected chi connectivity index (χ3v) is 1.68. The van der Waals surface area contributed by atoms with E-state index in [1.165, 1.54) is 0 Å². The summed E-state index contributed by atoms with van der Waals surface area (Å²) in [7, 11) is 0. The summed E-state index contributed by atoms with van der Waals surface area (Å²) in [6, 6.07) is 0. The summed E-state index contributed by atoms with van der Waals surface area (Å²) in [5, 5.41) is 2.64. The van der Waals surface area contributed by atoms with Gasteiger partial charge in [0.2, 0.25) is 0 Å². The monoisotopic (exact) mass is 257 g/mol. The molecular formula is C14H27NO3. The second-order valence-electron chi connectivity index (χ2n) is 6.43. The van der Waals surface area contributed by atoms with Crippen LogP contribution in [-0.4, -0.2) is 31.5 Å². The van der Waals surface area contributed by atoms with Gasteiger partial charge in [-0.05, 0) is 26.2 Å². The van der Waals surface area contributed by atoms with Crippen LogP contribution >= 0.6 is 0 Å². The average Bonchev–Trinajstić information content (AvgIpc) is 2.11. The fourth-order valence-electron chi connectivity index (χ4n) is 1.04. The Balaban J connectivity index is 3.58. The number of alkyl carbamates (subject to hydrolysis) is 1. The Morgan fingerprint density at radius 2 is 1.72 bits per heavy atom. The zero-order valence-electron chi connectivity index (χ0n) is 12.5. The van der Waals surface area contributed by atoms with Gasteiger partial charge in [0.05, 0.1) is 13.2 Å². The van der Waals surface area contributed by atoms with Crippen molar-refractivity contribution in [1.82, 2.24) is 5.32 Å². The summed E-state index contributed by atoms with van der Waals surface area (Å²) in [5.41, 5.74) is -0.272. The summed E-state index contributed by atoms with van der Waals surface area (Å²) in [6.07, 6.45) is 3.35. The molecule has 0 aliphatic heterocycles. The first-order valence-electron chi connectivity index (χ1n) is 6.30. The van der Waals surface area contributed by atoms with Crippen molar-refractivity contribution in [2.24, 2.45) is 5.41 Å². The summed E-state index contributed by atoms with van der Waals surface area (Å²) in [5.74, 6) is 0. The molecule has 0 spiro atoms. The molecule has 18 heavy (non-hydrogen) atoms. The number of carbonyl (C=O) groups is 1. The minimum Gasteiger partial charge on any atom is -0.444 e. The van der Waals surface area contributed by atoms with Gasteiger partial charge in [0.1, 0.15) is 5.60 Å². The molecule has 0 unspecified atom stereocenters. The van der Waals surface area contributed by atoms with E-state index < -0.39 is 11.7 Å². The van der Waals surface area contributed by atoms with E-state index in [9.17, 15) is 4.79 Å². The van der Waals surface area contributed by atoms with E-state index in [0.717, 1.165) is 6.61 Å². The van der Waals surface area contributed by atoms with Gasteiger partial charge in [0.25, 0.3) is 0 Å². The zero-order chi connectivity index (χ0) is 14.2. The highest BCUT2D eigenvalue weighted by molar-refractivity contribution is 5.67. The lowest BCUT2D eigenvalue weighted by Crippen LogP contribution is -2.32. The van der Waals surface area contributed by atoms with Gasteiger partial charge in [-0.15, -0.1) is 0 Å². The van der Waals surface area contributed by atoms with Crippen molar-refractivity contribution in [3.8, 4) is 0 Å². The molecule has 0 aliphatic rings. The first-order chi connectivity index (χ1) is 8.10. The molecule has 4 heteroatoms. The number of nitrogens with one attached hydrogen (secondary N) is 1. The van der Waals surface area contributed by atoms with Crippen LogP contribution in [0.25, 0.3) is 0 Å². The molecular weight excluding hydrogens is 230 g/mol. The van der Waals surface area contributed by atoms with Crippen LogP contribution in [0.1, 0.15) is 41.5 Å². The van der Waals surface area contributed by atoms with Crippen LogP contribution in [-0.2, 0) is 9.47 Å². The van der Waals surface area contributed by atoms with Crippen molar-refractivity contribution >= 4 is 6.09 Å². The Morgan fingerprint density at radius 3 is 2.22 bits per heavy atom. The lowest BCUT2D eigenvalue weighted by molar-refractivity contribution is 0.0534. The first kappa shape index (κ1) is 17.0. The molecule has 0 aromatic carbocycles. The smallest absolute Gasteiger partial charge is 0.407 e. The number of hydrogen-bond acceptors (Lipinski definition) is 3. The van der Waals surface area contributed by atoms with Crippen LogP contribution in [0.5, 0.6) is 0 Å². The Hall–Kier alpha value is -1.03. The van der Waals surface area contributed by atoms with E-state index in [-0.39, 0.29) is 5.41 Å². The lowest BCUT2D eigenvalue weighted by Gasteiger charge is -2.19. The third kappa shape index (κ3) is 13.0. The third-order valence-electron chi connectivity index (χ3n) is 1.68. The summed E-state index contributed by atoms with van der Waals surface area (Å²) < 4.78 is 10.5. The maximum atomic E-state index is 11.3. The predicted octanol–water partition coefficient (Wildman–Crippen LogP) is 3.13. The molecule has 0 radical (unpaired) electrons. The van der Waals surface area contributed by atoms with Gasteiger partial charge >= 0.3 is 6.09 Å². The molecule has 0 saturated carbocycles. The Kier molecular flexibility index (Phi) is 6.99. The molecule has 0 bridgehead atoms. The largest absolute Gasteiger partial charge is 0.444 e. The van der Waals surface area contributed by atoms with Crippen molar-refractivity contribution in [1.29, 1.82) is 0 Å². The maximum Gasteiger partial charge on any atom is 0.407 e. The summed E-state index contributed by atoms with van der Waals surface area (Å²) in [6.45, 7) is 13.6. The molecule has 0 aliphatic carbocycles. The van der Waals surface area contributed by atoms with Gasteiger partial charge in [-0.25, -0.2) is 4.79 Å². The standard InChI is InChI=1S/C14H27NO3/c1-13(2,3)11-17-10-8-7-9-15-12(16)18-14(4,5)6/h7-8H,9-11H2,1-6H3,(H,15,16). The second kappa shape index (κ2) is 7.41. The molecule has 0 saturated heterocycles. The highest BCUT2D eigenvalue weighted by atomic mass is 16.6. The van der Waals surface area contributed by atoms with E-state index in [4.69, 9.17) is 9.47 Å². The van der Waals surface area contributed by atoms with E-state index in [2.05, 4.69) is 26.1 Å². The SMILES string of the molecule is CC(C)(C)COCC=CCNC(=O)OC(C)(C)C. The van der Waals surface area contributed by atoms with Crippen LogP contribution in [0.2, 0.25) is 0 Å². The van der Waals surface area contributed by atoms with Crippen molar-refractivity contribution in [3.05, 3.63) is 12.2 Å². The number of rotatable bonds is 5. The molecule has 0 aromatic rings. The molecule has 1 N–H and O–H groups in total. The molecule has 0 heterocycles. The topological polar surface area (TPSA) is 47.6 Å². The van der Waals surface area contributed by atoms with Crippen LogP contribution < -0.4 is 5.32 Å². The highest BCUT2D eigenvalue weighted by Crippen LogP contribution is 2.12. The van der Waals surface area contributed by atoms with E-state index in [0.29, 0.717) is 13.2 Å². The van der Waals surface area contributed by atoms with Gasteiger partial charge in [-0.2, -0.15) is 0 Å². The fourth-order valence-corrected chi connectivity index (χ4v) is 1.04. The van der Waals surface area contributed by atoms with E-state index >= 15 is 0 Å². The van der Waals surface area contributed by atoms with Crippen LogP contribution in [0.3, 0.4) is 0 Å². The molecule has 1 amide bonds. The summed E-state index contributed by atoms with van der Waals surface area (Å²) in [4.78, 5) is 11.3. The number of carbonyl (C=O) groups excluding carboxylic acids is 1. The molecule has 106 valence electrons. The maximum absolute atomic E-state index is 11.3. The van der Waals surface area contributed by atoms with Crippen LogP contribution in [0.15, 0.2) is 12.2 Å². The van der Waals surface area contributed by atoms with Gasteiger partial charge < -0.3 is 14.8 Å². The Labute approximate surface area is 111 Å². The lowest BCUT2D eigenvalue weighted by atomic mass is 9.99. The minimum atomic E-state index is -0.455. The molecule has 0 fully saturated rings. The van der Waals surface area contributed by atoms with E-state index in [1.807, 2.05) is 32.9 Å². The van der Waals surface area contributed by atoms with Crippen LogP contribution in [0, 0.1) is 5.41 Å². The first-order valence-corrected chi connectivity index (χ1v) is 6.30. The van der Waals surface area contributed by atoms with Gasteiger partial charge in [0.15, 0.2) is 0 Å². The zero-order valence-corrected chi connectivity index (χ0v) is 12.5. The van der Waals surface area contributed by atoms with Gasteiger partial charge in [-0.1, -0.05) is 32.9 Å². The molecule has 4 nitrogen and oxygen atoms in total. The highest BCUT2D eigenvalue weighted by Gasteiger charge is 2.14. The number of amides is 1. The van der Waals surface area contributed by atoms with Crippen molar-refractivity contribution in [3.63, 3.8) is 0 Å². The molecule has 0 atom stereocenters. The molecule has 0 rings (SSSR count). The average molecular weight is 257 g/mol. The Bertz CT molecular complexity index is 272. The number of hydrogen-bond donors (Lipinski definition) is 1. The quantitative estimate of drug-likeness (QED) is 0.608. The van der Waals surface area contributed by atoms with Crippen molar-refractivity contribution in [2.45, 2.75) is 47.1 Å². The van der Waals surface area contributed by atoms with Crippen molar-refractivity contribution < 1.29 is 14.3 Å². The molecule has 0 aromatic heterocycles. The normalized spacial score (nSPS) is 12.8.